The Hall–Kier alpha value is -5.10. The third kappa shape index (κ3) is 7.68. The number of aromatic amines is 2. The molecule has 1 aliphatic rings. The van der Waals surface area contributed by atoms with E-state index in [-0.39, 0.29) is 0 Å². The molecule has 1 aliphatic heterocycles. The number of hydrogen-bond donors (Lipinski definition) is 2. The lowest BCUT2D eigenvalue weighted by Gasteiger charge is -2.11. The van der Waals surface area contributed by atoms with Gasteiger partial charge in [-0.2, -0.15) is 0 Å². The summed E-state index contributed by atoms with van der Waals surface area (Å²) in [4.78, 5) is 17.9. The predicted octanol–water partition coefficient (Wildman–Crippen LogP) is 13.5. The second-order valence-electron chi connectivity index (χ2n) is 14.3. The molecule has 280 valence electrons. The maximum absolute atomic E-state index is 7.04. The number of fused-ring (bicyclic) bond motifs is 4. The molecule has 7 rings (SSSR count). The molecule has 0 spiro atoms. The third-order valence-electron chi connectivity index (χ3n) is 9.92. The topological polar surface area (TPSA) is 57.4 Å². The van der Waals surface area contributed by atoms with Crippen LogP contribution >= 0.6 is 46.4 Å². The Bertz CT molecular complexity index is 2920. The van der Waals surface area contributed by atoms with Gasteiger partial charge in [-0.25, -0.2) is 4.98 Å². The van der Waals surface area contributed by atoms with Crippen LogP contribution < -0.4 is 10.7 Å². The molecule has 56 heavy (non-hydrogen) atoms. The van der Waals surface area contributed by atoms with Crippen molar-refractivity contribution >= 4 is 82.7 Å². The fourth-order valence-corrected chi connectivity index (χ4v) is 8.59. The van der Waals surface area contributed by atoms with Crippen molar-refractivity contribution in [3.63, 3.8) is 0 Å². The number of aryl methyl sites for hydroxylation is 6. The molecule has 0 amide bonds. The highest BCUT2D eigenvalue weighted by atomic mass is 35.5. The standard InChI is InChI=1S/C48H40Cl4N4/c1-25-9-13-33(37(49)21-25)45-29(5)53-31(7)46(34-14-10-26(2)22-38(34)50)41-17-19-43(55-41)48(36-16-12-28(4)24-40(36)52)44-20-18-42(56-44)47(32(8)54-30(45)6)35-15-11-27(3)23-39(35)51/h9-24,53,56H,5,7H2,1-4,6,8H3. The molecule has 0 aliphatic carbocycles. The average molecular weight is 815 g/mol. The predicted molar refractivity (Wildman–Crippen MR) is 242 cm³/mol. The number of nitrogens with one attached hydrogen (secondary N) is 2. The van der Waals surface area contributed by atoms with Crippen LogP contribution in [0.1, 0.15) is 45.0 Å². The van der Waals surface area contributed by atoms with Crippen LogP contribution in [0.25, 0.3) is 80.9 Å². The summed E-state index contributed by atoms with van der Waals surface area (Å²) in [6, 6.07) is 28.1. The van der Waals surface area contributed by atoms with Crippen molar-refractivity contribution in [3.8, 4) is 44.5 Å². The first-order valence-corrected chi connectivity index (χ1v) is 19.6. The van der Waals surface area contributed by atoms with E-state index < -0.39 is 0 Å². The van der Waals surface area contributed by atoms with E-state index in [2.05, 4.69) is 35.3 Å². The van der Waals surface area contributed by atoms with Crippen LogP contribution in [0.2, 0.25) is 20.1 Å². The van der Waals surface area contributed by atoms with E-state index in [9.17, 15) is 0 Å². The minimum Gasteiger partial charge on any atom is -0.355 e. The molecular weight excluding hydrogens is 774 g/mol. The van der Waals surface area contributed by atoms with Crippen molar-refractivity contribution in [2.75, 3.05) is 0 Å². The fraction of sp³-hybridized carbons (Fsp3) is 0.125. The molecular formula is C48H40Cl4N4. The number of rotatable bonds is 4. The normalized spacial score (nSPS) is 11.5. The summed E-state index contributed by atoms with van der Waals surface area (Å²) >= 11 is 28.1. The zero-order valence-electron chi connectivity index (χ0n) is 32.1. The van der Waals surface area contributed by atoms with Gasteiger partial charge in [0.15, 0.2) is 0 Å². The molecule has 3 heterocycles. The maximum Gasteiger partial charge on any atom is 0.0737 e. The molecule has 0 radical (unpaired) electrons. The monoisotopic (exact) mass is 812 g/mol. The molecule has 4 aromatic carbocycles. The smallest absolute Gasteiger partial charge is 0.0737 e. The Morgan fingerprint density at radius 2 is 0.768 bits per heavy atom. The van der Waals surface area contributed by atoms with Gasteiger partial charge in [0, 0.05) is 97.7 Å². The van der Waals surface area contributed by atoms with Gasteiger partial charge in [0.2, 0.25) is 0 Å². The molecule has 0 atom stereocenters. The lowest BCUT2D eigenvalue weighted by Crippen LogP contribution is -2.20. The fourth-order valence-electron chi connectivity index (χ4n) is 7.28. The highest BCUT2D eigenvalue weighted by Crippen LogP contribution is 2.39. The van der Waals surface area contributed by atoms with E-state index in [0.717, 1.165) is 77.9 Å². The van der Waals surface area contributed by atoms with E-state index in [1.165, 1.54) is 0 Å². The van der Waals surface area contributed by atoms with Gasteiger partial charge in [-0.1, -0.05) is 108 Å². The van der Waals surface area contributed by atoms with Crippen LogP contribution in [0.15, 0.2) is 84.9 Å². The molecule has 6 aromatic rings. The van der Waals surface area contributed by atoms with Crippen molar-refractivity contribution in [2.24, 2.45) is 0 Å². The summed E-state index contributed by atoms with van der Waals surface area (Å²) in [7, 11) is 0. The number of nitrogens with zero attached hydrogens (tertiary/aromatic N) is 2. The first-order chi connectivity index (χ1) is 26.7. The number of benzene rings is 4. The molecule has 4 nitrogen and oxygen atoms in total. The van der Waals surface area contributed by atoms with Gasteiger partial charge >= 0.3 is 0 Å². The van der Waals surface area contributed by atoms with Gasteiger partial charge in [-0.15, -0.1) is 0 Å². The van der Waals surface area contributed by atoms with Gasteiger partial charge in [0.25, 0.3) is 0 Å². The Morgan fingerprint density at radius 3 is 1.23 bits per heavy atom. The number of hydrogen-bond acceptors (Lipinski definition) is 2. The van der Waals surface area contributed by atoms with Crippen LogP contribution in [0.4, 0.5) is 0 Å². The summed E-state index contributed by atoms with van der Waals surface area (Å²) < 4.78 is 0. The van der Waals surface area contributed by atoms with Crippen LogP contribution in [0, 0.1) is 41.5 Å². The van der Waals surface area contributed by atoms with E-state index >= 15 is 0 Å². The van der Waals surface area contributed by atoms with Crippen molar-refractivity contribution in [2.45, 2.75) is 41.5 Å². The SMILES string of the molecule is C=c1[nH]c(=C)c(-c2ccc(C)cc2Cl)c2nc(c(-c3ccc(C)cc3Cl)c3ccc([nH]3)c(-c3ccc(C)cc3Cl)c(C)nc(C)c1-c1ccc(C)cc1Cl)C=C2. The highest BCUT2D eigenvalue weighted by molar-refractivity contribution is 6.35. The van der Waals surface area contributed by atoms with Crippen molar-refractivity contribution in [1.29, 1.82) is 0 Å². The summed E-state index contributed by atoms with van der Waals surface area (Å²) in [5.74, 6) is 0. The largest absolute Gasteiger partial charge is 0.355 e. The molecule has 0 fully saturated rings. The van der Waals surface area contributed by atoms with Crippen LogP contribution in [0.5, 0.6) is 0 Å². The minimum atomic E-state index is 0.544. The zero-order valence-corrected chi connectivity index (χ0v) is 35.1. The van der Waals surface area contributed by atoms with Gasteiger partial charge in [-0.05, 0) is 112 Å². The molecule has 0 saturated heterocycles. The minimum absolute atomic E-state index is 0.544. The number of aromatic nitrogens is 4. The molecule has 8 heteroatoms. The van der Waals surface area contributed by atoms with Crippen LogP contribution in [-0.2, 0) is 0 Å². The van der Waals surface area contributed by atoms with E-state index in [0.29, 0.717) is 53.4 Å². The summed E-state index contributed by atoms with van der Waals surface area (Å²) in [5, 5.41) is 3.44. The molecule has 4 bridgehead atoms. The quantitative estimate of drug-likeness (QED) is 0.186. The first-order valence-electron chi connectivity index (χ1n) is 18.1. The van der Waals surface area contributed by atoms with Gasteiger partial charge in [0.05, 0.1) is 11.4 Å². The van der Waals surface area contributed by atoms with Crippen molar-refractivity contribution in [1.82, 2.24) is 19.9 Å². The Kier molecular flexibility index (Phi) is 11.0. The van der Waals surface area contributed by atoms with Gasteiger partial charge in [0.1, 0.15) is 0 Å². The summed E-state index contributed by atoms with van der Waals surface area (Å²) in [6.07, 6.45) is 3.98. The number of H-pyrrole nitrogens is 2. The maximum atomic E-state index is 7.04. The molecule has 2 N–H and O–H groups in total. The van der Waals surface area contributed by atoms with Crippen LogP contribution in [-0.4, -0.2) is 19.9 Å². The third-order valence-corrected chi connectivity index (χ3v) is 11.2. The second-order valence-corrected chi connectivity index (χ2v) is 15.9. The molecule has 0 unspecified atom stereocenters. The zero-order chi connectivity index (χ0) is 40.0. The summed E-state index contributed by atoms with van der Waals surface area (Å²) in [5.41, 5.74) is 14.9. The van der Waals surface area contributed by atoms with Crippen LogP contribution in [0.3, 0.4) is 0 Å². The van der Waals surface area contributed by atoms with E-state index in [1.807, 2.05) is 126 Å². The molecule has 2 aromatic heterocycles. The first kappa shape index (κ1) is 39.1. The van der Waals surface area contributed by atoms with E-state index in [1.54, 1.807) is 0 Å². The van der Waals surface area contributed by atoms with E-state index in [4.69, 9.17) is 56.4 Å². The Labute approximate surface area is 347 Å². The van der Waals surface area contributed by atoms with Crippen molar-refractivity contribution in [3.05, 3.63) is 161 Å². The average Bonchev–Trinajstić information content (AvgIpc) is 3.80. The Morgan fingerprint density at radius 1 is 0.411 bits per heavy atom. The number of halogens is 4. The Balaban J connectivity index is 1.75. The highest BCUT2D eigenvalue weighted by Gasteiger charge is 2.19. The van der Waals surface area contributed by atoms with Gasteiger partial charge in [-0.3, -0.25) is 4.98 Å². The molecule has 0 saturated carbocycles. The van der Waals surface area contributed by atoms with Gasteiger partial charge < -0.3 is 9.97 Å². The van der Waals surface area contributed by atoms with Crippen molar-refractivity contribution < 1.29 is 0 Å². The second kappa shape index (κ2) is 15.8. The lowest BCUT2D eigenvalue weighted by molar-refractivity contribution is 1.12. The lowest BCUT2D eigenvalue weighted by atomic mass is 10.0. The summed E-state index contributed by atoms with van der Waals surface area (Å²) in [6.45, 7) is 21.1.